The molecule has 1 aromatic rings. The normalized spacial score (nSPS) is 17.7. The lowest BCUT2D eigenvalue weighted by Crippen LogP contribution is -2.36. The summed E-state index contributed by atoms with van der Waals surface area (Å²) in [6, 6.07) is 6.76. The highest BCUT2D eigenvalue weighted by atomic mass is 16.6. The molecule has 2 rings (SSSR count). The fourth-order valence-electron chi connectivity index (χ4n) is 2.30. The molecule has 0 aromatic heterocycles. The Labute approximate surface area is 136 Å². The minimum absolute atomic E-state index is 0.0773. The highest BCUT2D eigenvalue weighted by molar-refractivity contribution is 5.89. The van der Waals surface area contributed by atoms with Crippen LogP contribution in [-0.2, 0) is 9.47 Å². The van der Waals surface area contributed by atoms with E-state index >= 15 is 0 Å². The molecular formula is C17H23NO5. The minimum atomic E-state index is -0.500. The quantitative estimate of drug-likeness (QED) is 0.801. The molecule has 0 radical (unpaired) electrons. The summed E-state index contributed by atoms with van der Waals surface area (Å²) >= 11 is 0. The monoisotopic (exact) mass is 321 g/mol. The molecule has 1 saturated heterocycles. The SMILES string of the molecule is COC(=O)c1ccc(O[C@@H]2CCN(C(=O)OC(C)(C)C)C2)cc1. The number of esters is 1. The molecule has 0 saturated carbocycles. The van der Waals surface area contributed by atoms with E-state index in [0.717, 1.165) is 6.42 Å². The molecule has 0 unspecified atom stereocenters. The van der Waals surface area contributed by atoms with E-state index in [1.807, 2.05) is 20.8 Å². The molecule has 23 heavy (non-hydrogen) atoms. The summed E-state index contributed by atoms with van der Waals surface area (Å²) < 4.78 is 15.9. The summed E-state index contributed by atoms with van der Waals surface area (Å²) in [6.07, 6.45) is 0.356. The zero-order valence-electron chi connectivity index (χ0n) is 14.0. The molecule has 0 aliphatic carbocycles. The Hall–Kier alpha value is -2.24. The van der Waals surface area contributed by atoms with E-state index < -0.39 is 5.60 Å². The molecule has 1 aromatic carbocycles. The van der Waals surface area contributed by atoms with Crippen LogP contribution in [0.1, 0.15) is 37.6 Å². The van der Waals surface area contributed by atoms with Gasteiger partial charge < -0.3 is 19.1 Å². The second kappa shape index (κ2) is 6.89. The largest absolute Gasteiger partial charge is 0.489 e. The van der Waals surface area contributed by atoms with E-state index in [0.29, 0.717) is 24.4 Å². The van der Waals surface area contributed by atoms with Gasteiger partial charge in [-0.1, -0.05) is 0 Å². The van der Waals surface area contributed by atoms with Crippen molar-refractivity contribution in [3.05, 3.63) is 29.8 Å². The third kappa shape index (κ3) is 4.87. The second-order valence-electron chi connectivity index (χ2n) is 6.47. The second-order valence-corrected chi connectivity index (χ2v) is 6.47. The third-order valence-corrected chi connectivity index (χ3v) is 3.37. The maximum Gasteiger partial charge on any atom is 0.410 e. The smallest absolute Gasteiger partial charge is 0.410 e. The summed E-state index contributed by atoms with van der Waals surface area (Å²) in [5.41, 5.74) is -0.0265. The number of carbonyl (C=O) groups excluding carboxylic acids is 2. The Balaban J connectivity index is 1.88. The fourth-order valence-corrected chi connectivity index (χ4v) is 2.30. The number of rotatable bonds is 3. The lowest BCUT2D eigenvalue weighted by atomic mass is 10.2. The Bertz CT molecular complexity index is 561. The highest BCUT2D eigenvalue weighted by Gasteiger charge is 2.30. The molecular weight excluding hydrogens is 298 g/mol. The van der Waals surface area contributed by atoms with Gasteiger partial charge in [0.15, 0.2) is 0 Å². The predicted molar refractivity (Wildman–Crippen MR) is 84.6 cm³/mol. The summed E-state index contributed by atoms with van der Waals surface area (Å²) in [5.74, 6) is 0.280. The van der Waals surface area contributed by atoms with Crippen LogP contribution >= 0.6 is 0 Å². The Morgan fingerprint density at radius 3 is 2.39 bits per heavy atom. The van der Waals surface area contributed by atoms with Crippen LogP contribution in [0, 0.1) is 0 Å². The molecule has 6 heteroatoms. The third-order valence-electron chi connectivity index (χ3n) is 3.37. The molecule has 0 spiro atoms. The lowest BCUT2D eigenvalue weighted by molar-refractivity contribution is 0.0275. The van der Waals surface area contributed by atoms with Gasteiger partial charge in [-0.15, -0.1) is 0 Å². The van der Waals surface area contributed by atoms with Crippen molar-refractivity contribution in [3.8, 4) is 5.75 Å². The van der Waals surface area contributed by atoms with E-state index in [1.54, 1.807) is 29.2 Å². The topological polar surface area (TPSA) is 65.1 Å². The van der Waals surface area contributed by atoms with Crippen molar-refractivity contribution >= 4 is 12.1 Å². The van der Waals surface area contributed by atoms with Crippen LogP contribution in [0.2, 0.25) is 0 Å². The number of nitrogens with zero attached hydrogens (tertiary/aromatic N) is 1. The van der Waals surface area contributed by atoms with Crippen molar-refractivity contribution in [2.75, 3.05) is 20.2 Å². The van der Waals surface area contributed by atoms with Gasteiger partial charge >= 0.3 is 12.1 Å². The zero-order valence-corrected chi connectivity index (χ0v) is 14.0. The molecule has 126 valence electrons. The number of amides is 1. The molecule has 1 aliphatic heterocycles. The Kier molecular flexibility index (Phi) is 5.13. The van der Waals surface area contributed by atoms with E-state index in [-0.39, 0.29) is 18.2 Å². The van der Waals surface area contributed by atoms with Crippen LogP contribution in [0.25, 0.3) is 0 Å². The van der Waals surface area contributed by atoms with Crippen molar-refractivity contribution < 1.29 is 23.8 Å². The molecule has 0 bridgehead atoms. The van der Waals surface area contributed by atoms with Crippen LogP contribution in [0.5, 0.6) is 5.75 Å². The van der Waals surface area contributed by atoms with Gasteiger partial charge in [-0.2, -0.15) is 0 Å². The fraction of sp³-hybridized carbons (Fsp3) is 0.529. The summed E-state index contributed by atoms with van der Waals surface area (Å²) in [6.45, 7) is 6.64. The van der Waals surface area contributed by atoms with Crippen molar-refractivity contribution in [1.82, 2.24) is 4.90 Å². The summed E-state index contributed by atoms with van der Waals surface area (Å²) in [7, 11) is 1.34. The van der Waals surface area contributed by atoms with Crippen molar-refractivity contribution in [3.63, 3.8) is 0 Å². The number of hydrogen-bond donors (Lipinski definition) is 0. The van der Waals surface area contributed by atoms with Gasteiger partial charge in [0.05, 0.1) is 19.2 Å². The first-order chi connectivity index (χ1) is 10.8. The van der Waals surface area contributed by atoms with Gasteiger partial charge in [-0.05, 0) is 45.0 Å². The molecule has 1 atom stereocenters. The predicted octanol–water partition coefficient (Wildman–Crippen LogP) is 2.86. The highest BCUT2D eigenvalue weighted by Crippen LogP contribution is 2.21. The lowest BCUT2D eigenvalue weighted by Gasteiger charge is -2.24. The average molecular weight is 321 g/mol. The molecule has 6 nitrogen and oxygen atoms in total. The van der Waals surface area contributed by atoms with Gasteiger partial charge in [0.2, 0.25) is 0 Å². The molecule has 1 aliphatic rings. The van der Waals surface area contributed by atoms with Gasteiger partial charge in [-0.3, -0.25) is 0 Å². The zero-order chi connectivity index (χ0) is 17.0. The van der Waals surface area contributed by atoms with Gasteiger partial charge in [-0.25, -0.2) is 9.59 Å². The average Bonchev–Trinajstić information content (AvgIpc) is 2.94. The van der Waals surface area contributed by atoms with E-state index in [9.17, 15) is 9.59 Å². The van der Waals surface area contributed by atoms with Gasteiger partial charge in [0.1, 0.15) is 17.5 Å². The summed E-state index contributed by atoms with van der Waals surface area (Å²) in [4.78, 5) is 25.0. The Morgan fingerprint density at radius 1 is 1.17 bits per heavy atom. The number of methoxy groups -OCH3 is 1. The summed E-state index contributed by atoms with van der Waals surface area (Å²) in [5, 5.41) is 0. The maximum absolute atomic E-state index is 12.0. The maximum atomic E-state index is 12.0. The van der Waals surface area contributed by atoms with Crippen molar-refractivity contribution in [2.45, 2.75) is 38.9 Å². The van der Waals surface area contributed by atoms with Crippen LogP contribution in [0.3, 0.4) is 0 Å². The molecule has 1 heterocycles. The van der Waals surface area contributed by atoms with Gasteiger partial charge in [0.25, 0.3) is 0 Å². The number of likely N-dealkylation sites (tertiary alicyclic amines) is 1. The standard InChI is InChI=1S/C17H23NO5/c1-17(2,3)23-16(20)18-10-9-14(11-18)22-13-7-5-12(6-8-13)15(19)21-4/h5-8,14H,9-11H2,1-4H3/t14-/m1/s1. The molecule has 1 fully saturated rings. The van der Waals surface area contributed by atoms with Crippen LogP contribution in [0.4, 0.5) is 4.79 Å². The Morgan fingerprint density at radius 2 is 1.83 bits per heavy atom. The van der Waals surface area contributed by atoms with Crippen LogP contribution < -0.4 is 4.74 Å². The number of carbonyl (C=O) groups is 2. The number of benzene rings is 1. The van der Waals surface area contributed by atoms with Crippen molar-refractivity contribution in [1.29, 1.82) is 0 Å². The van der Waals surface area contributed by atoms with Crippen LogP contribution in [0.15, 0.2) is 24.3 Å². The minimum Gasteiger partial charge on any atom is -0.489 e. The van der Waals surface area contributed by atoms with Crippen molar-refractivity contribution in [2.24, 2.45) is 0 Å². The first-order valence-corrected chi connectivity index (χ1v) is 7.61. The van der Waals surface area contributed by atoms with E-state index in [2.05, 4.69) is 4.74 Å². The number of hydrogen-bond acceptors (Lipinski definition) is 5. The van der Waals surface area contributed by atoms with E-state index in [1.165, 1.54) is 7.11 Å². The first kappa shape index (κ1) is 17.1. The first-order valence-electron chi connectivity index (χ1n) is 7.61. The molecule has 1 amide bonds. The van der Waals surface area contributed by atoms with Crippen LogP contribution in [-0.4, -0.2) is 48.9 Å². The number of ether oxygens (including phenoxy) is 3. The van der Waals surface area contributed by atoms with E-state index in [4.69, 9.17) is 9.47 Å². The molecule has 0 N–H and O–H groups in total. The van der Waals surface area contributed by atoms with Gasteiger partial charge in [0, 0.05) is 13.0 Å².